The molecule has 1 atom stereocenters. The molecule has 27 heavy (non-hydrogen) atoms. The standard InChI is InChI=1S/C22H28N2O3/c1-26-20-11-6-12-21(27-2)19(20)14-23-22(25)18-10-7-13-24(16-18)15-17-8-4-3-5-9-17/h3-6,8-9,11-12,18H,7,10,13-16H2,1-2H3,(H,23,25)/t18-/m1/s1. The van der Waals surface area contributed by atoms with Gasteiger partial charge in [0.15, 0.2) is 0 Å². The van der Waals surface area contributed by atoms with E-state index in [2.05, 4.69) is 34.5 Å². The second-order valence-corrected chi connectivity index (χ2v) is 6.92. The van der Waals surface area contributed by atoms with Crippen LogP contribution >= 0.6 is 0 Å². The first-order chi connectivity index (χ1) is 13.2. The average Bonchev–Trinajstić information content (AvgIpc) is 2.72. The van der Waals surface area contributed by atoms with Gasteiger partial charge in [0.05, 0.1) is 32.2 Å². The van der Waals surface area contributed by atoms with E-state index >= 15 is 0 Å². The quantitative estimate of drug-likeness (QED) is 0.815. The number of hydrogen-bond acceptors (Lipinski definition) is 4. The predicted octanol–water partition coefficient (Wildman–Crippen LogP) is 3.23. The van der Waals surface area contributed by atoms with Gasteiger partial charge in [-0.1, -0.05) is 36.4 Å². The maximum absolute atomic E-state index is 12.7. The zero-order valence-corrected chi connectivity index (χ0v) is 16.1. The predicted molar refractivity (Wildman–Crippen MR) is 106 cm³/mol. The van der Waals surface area contributed by atoms with E-state index in [0.717, 1.165) is 49.5 Å². The van der Waals surface area contributed by atoms with Crippen molar-refractivity contribution in [2.24, 2.45) is 5.92 Å². The first-order valence-corrected chi connectivity index (χ1v) is 9.45. The molecule has 1 saturated heterocycles. The minimum absolute atomic E-state index is 0.0168. The van der Waals surface area contributed by atoms with E-state index in [0.29, 0.717) is 6.54 Å². The second kappa shape index (κ2) is 9.42. The summed E-state index contributed by atoms with van der Waals surface area (Å²) >= 11 is 0. The first kappa shape index (κ1) is 19.2. The van der Waals surface area contributed by atoms with E-state index in [1.165, 1.54) is 5.56 Å². The molecule has 1 amide bonds. The average molecular weight is 368 g/mol. The molecule has 0 unspecified atom stereocenters. The Hall–Kier alpha value is -2.53. The molecule has 1 fully saturated rings. The summed E-state index contributed by atoms with van der Waals surface area (Å²) < 4.78 is 10.8. The fourth-order valence-corrected chi connectivity index (χ4v) is 3.68. The monoisotopic (exact) mass is 368 g/mol. The number of ether oxygens (including phenoxy) is 2. The SMILES string of the molecule is COc1cccc(OC)c1CNC(=O)[C@@H]1CCCN(Cc2ccccc2)C1. The molecule has 0 bridgehead atoms. The van der Waals surface area contributed by atoms with Gasteiger partial charge in [-0.15, -0.1) is 0 Å². The summed E-state index contributed by atoms with van der Waals surface area (Å²) in [7, 11) is 3.26. The molecule has 144 valence electrons. The third kappa shape index (κ3) is 5.01. The van der Waals surface area contributed by atoms with Crippen LogP contribution in [0.15, 0.2) is 48.5 Å². The molecule has 0 spiro atoms. The molecular weight excluding hydrogens is 340 g/mol. The lowest BCUT2D eigenvalue weighted by molar-refractivity contribution is -0.126. The first-order valence-electron chi connectivity index (χ1n) is 9.45. The topological polar surface area (TPSA) is 50.8 Å². The van der Waals surface area contributed by atoms with Crippen molar-refractivity contribution in [2.45, 2.75) is 25.9 Å². The number of rotatable bonds is 7. The highest BCUT2D eigenvalue weighted by Gasteiger charge is 2.26. The number of hydrogen-bond donors (Lipinski definition) is 1. The lowest BCUT2D eigenvalue weighted by Gasteiger charge is -2.32. The number of methoxy groups -OCH3 is 2. The van der Waals surface area contributed by atoms with Crippen LogP contribution < -0.4 is 14.8 Å². The summed E-state index contributed by atoms with van der Waals surface area (Å²) in [5, 5.41) is 3.08. The van der Waals surface area contributed by atoms with Crippen molar-refractivity contribution in [1.82, 2.24) is 10.2 Å². The van der Waals surface area contributed by atoms with Crippen molar-refractivity contribution in [3.05, 3.63) is 59.7 Å². The van der Waals surface area contributed by atoms with Gasteiger partial charge in [0.25, 0.3) is 0 Å². The molecular formula is C22H28N2O3. The van der Waals surface area contributed by atoms with Crippen molar-refractivity contribution in [2.75, 3.05) is 27.3 Å². The molecule has 0 saturated carbocycles. The summed E-state index contributed by atoms with van der Waals surface area (Å²) in [5.74, 6) is 1.57. The van der Waals surface area contributed by atoms with Gasteiger partial charge in [-0.3, -0.25) is 9.69 Å². The zero-order valence-electron chi connectivity index (χ0n) is 16.1. The van der Waals surface area contributed by atoms with Crippen molar-refractivity contribution in [1.29, 1.82) is 0 Å². The highest BCUT2D eigenvalue weighted by molar-refractivity contribution is 5.79. The molecule has 1 aliphatic rings. The molecule has 3 rings (SSSR count). The maximum Gasteiger partial charge on any atom is 0.224 e. The molecule has 2 aromatic rings. The lowest BCUT2D eigenvalue weighted by Crippen LogP contribution is -2.42. The molecule has 1 aliphatic heterocycles. The number of carbonyl (C=O) groups excluding carboxylic acids is 1. The molecule has 0 aromatic heterocycles. The summed E-state index contributed by atoms with van der Waals surface area (Å²) in [4.78, 5) is 15.1. The van der Waals surface area contributed by atoms with E-state index in [1.54, 1.807) is 14.2 Å². The van der Waals surface area contributed by atoms with Gasteiger partial charge in [0.1, 0.15) is 11.5 Å². The van der Waals surface area contributed by atoms with Crippen LogP contribution in [0.5, 0.6) is 11.5 Å². The van der Waals surface area contributed by atoms with Crippen LogP contribution in [0.3, 0.4) is 0 Å². The molecule has 1 N–H and O–H groups in total. The van der Waals surface area contributed by atoms with E-state index in [4.69, 9.17) is 9.47 Å². The van der Waals surface area contributed by atoms with Gasteiger partial charge < -0.3 is 14.8 Å². The van der Waals surface area contributed by atoms with Gasteiger partial charge in [-0.05, 0) is 37.1 Å². The third-order valence-electron chi connectivity index (χ3n) is 5.09. The van der Waals surface area contributed by atoms with Crippen molar-refractivity contribution in [3.8, 4) is 11.5 Å². The number of likely N-dealkylation sites (tertiary alicyclic amines) is 1. The van der Waals surface area contributed by atoms with Crippen LogP contribution in [0, 0.1) is 5.92 Å². The van der Waals surface area contributed by atoms with E-state index in [9.17, 15) is 4.79 Å². The van der Waals surface area contributed by atoms with Gasteiger partial charge >= 0.3 is 0 Å². The van der Waals surface area contributed by atoms with Crippen LogP contribution in [-0.4, -0.2) is 38.1 Å². The molecule has 0 radical (unpaired) electrons. The maximum atomic E-state index is 12.7. The van der Waals surface area contributed by atoms with E-state index < -0.39 is 0 Å². The van der Waals surface area contributed by atoms with Crippen LogP contribution in [-0.2, 0) is 17.9 Å². The van der Waals surface area contributed by atoms with Crippen LogP contribution in [0.2, 0.25) is 0 Å². The Labute approximate surface area is 161 Å². The summed E-state index contributed by atoms with van der Waals surface area (Å²) in [6, 6.07) is 16.1. The van der Waals surface area contributed by atoms with Gasteiger partial charge in [-0.25, -0.2) is 0 Å². The van der Waals surface area contributed by atoms with Gasteiger partial charge in [-0.2, -0.15) is 0 Å². The summed E-state index contributed by atoms with van der Waals surface area (Å²) in [6.07, 6.45) is 1.98. The van der Waals surface area contributed by atoms with Crippen LogP contribution in [0.25, 0.3) is 0 Å². The molecule has 5 nitrogen and oxygen atoms in total. The zero-order chi connectivity index (χ0) is 19.1. The van der Waals surface area contributed by atoms with Crippen molar-refractivity contribution < 1.29 is 14.3 Å². The highest BCUT2D eigenvalue weighted by Crippen LogP contribution is 2.28. The molecule has 0 aliphatic carbocycles. The fourth-order valence-electron chi connectivity index (χ4n) is 3.68. The number of carbonyl (C=O) groups is 1. The van der Waals surface area contributed by atoms with Gasteiger partial charge in [0.2, 0.25) is 5.91 Å². The Morgan fingerprint density at radius 3 is 2.44 bits per heavy atom. The normalized spacial score (nSPS) is 17.3. The third-order valence-corrected chi connectivity index (χ3v) is 5.09. The van der Waals surface area contributed by atoms with Crippen LogP contribution in [0.1, 0.15) is 24.0 Å². The van der Waals surface area contributed by atoms with Crippen molar-refractivity contribution in [3.63, 3.8) is 0 Å². The van der Waals surface area contributed by atoms with E-state index in [-0.39, 0.29) is 11.8 Å². The Morgan fingerprint density at radius 2 is 1.78 bits per heavy atom. The second-order valence-electron chi connectivity index (χ2n) is 6.92. The minimum Gasteiger partial charge on any atom is -0.496 e. The number of benzene rings is 2. The number of nitrogens with zero attached hydrogens (tertiary/aromatic N) is 1. The number of nitrogens with one attached hydrogen (secondary N) is 1. The minimum atomic E-state index is 0.0168. The van der Waals surface area contributed by atoms with Crippen molar-refractivity contribution >= 4 is 5.91 Å². The Balaban J connectivity index is 1.58. The Kier molecular flexibility index (Phi) is 6.71. The molecule has 2 aromatic carbocycles. The molecule has 5 heteroatoms. The number of piperidine rings is 1. The number of amides is 1. The smallest absolute Gasteiger partial charge is 0.224 e. The fraction of sp³-hybridized carbons (Fsp3) is 0.409. The summed E-state index contributed by atoms with van der Waals surface area (Å²) in [6.45, 7) is 3.13. The van der Waals surface area contributed by atoms with E-state index in [1.807, 2.05) is 24.3 Å². The van der Waals surface area contributed by atoms with Gasteiger partial charge in [0, 0.05) is 13.1 Å². The molecule has 1 heterocycles. The highest BCUT2D eigenvalue weighted by atomic mass is 16.5. The Bertz CT molecular complexity index is 726. The Morgan fingerprint density at radius 1 is 1.07 bits per heavy atom. The summed E-state index contributed by atoms with van der Waals surface area (Å²) in [5.41, 5.74) is 2.16. The largest absolute Gasteiger partial charge is 0.496 e. The van der Waals surface area contributed by atoms with Crippen LogP contribution in [0.4, 0.5) is 0 Å². The lowest BCUT2D eigenvalue weighted by atomic mass is 9.96.